The molecule has 0 saturated carbocycles. The maximum Gasteiger partial charge on any atom is 0.218 e. The summed E-state index contributed by atoms with van der Waals surface area (Å²) < 4.78 is 6.79. The number of aromatic nitrogens is 4. The first-order chi connectivity index (χ1) is 13.1. The molecule has 3 aromatic heterocycles. The summed E-state index contributed by atoms with van der Waals surface area (Å²) in [6.45, 7) is 4.39. The van der Waals surface area contributed by atoms with Crippen LogP contribution < -0.4 is 5.84 Å². The quantitative estimate of drug-likeness (QED) is 0.372. The molecule has 8 heteroatoms. The first kappa shape index (κ1) is 17.8. The Balaban J connectivity index is 1.44. The second-order valence-corrected chi connectivity index (χ2v) is 8.41. The zero-order valence-corrected chi connectivity index (χ0v) is 16.6. The fourth-order valence-electron chi connectivity index (χ4n) is 2.60. The van der Waals surface area contributed by atoms with E-state index in [1.807, 2.05) is 12.3 Å². The first-order valence-electron chi connectivity index (χ1n) is 8.54. The van der Waals surface area contributed by atoms with Crippen molar-refractivity contribution < 1.29 is 4.42 Å². The van der Waals surface area contributed by atoms with Crippen LogP contribution in [0.5, 0.6) is 0 Å². The third kappa shape index (κ3) is 3.77. The number of nitrogens with zero attached hydrogens (tertiary/aromatic N) is 4. The Bertz CT molecular complexity index is 1020. The van der Waals surface area contributed by atoms with Gasteiger partial charge in [0, 0.05) is 22.4 Å². The van der Waals surface area contributed by atoms with Gasteiger partial charge in [0.15, 0.2) is 5.76 Å². The predicted octanol–water partition coefficient (Wildman–Crippen LogP) is 4.79. The second kappa shape index (κ2) is 7.58. The number of nitrogens with two attached hydrogens (primary N) is 1. The molecule has 0 spiro atoms. The number of thiazole rings is 1. The number of rotatable bonds is 6. The number of furan rings is 1. The molecule has 4 aromatic rings. The van der Waals surface area contributed by atoms with E-state index in [0.29, 0.717) is 22.7 Å². The van der Waals surface area contributed by atoms with E-state index in [1.54, 1.807) is 23.7 Å². The van der Waals surface area contributed by atoms with Crippen molar-refractivity contribution in [2.75, 3.05) is 5.84 Å². The van der Waals surface area contributed by atoms with Crippen LogP contribution in [0, 0.1) is 0 Å². The Morgan fingerprint density at radius 2 is 2.00 bits per heavy atom. The lowest BCUT2D eigenvalue weighted by molar-refractivity contribution is 0.574. The molecule has 0 fully saturated rings. The van der Waals surface area contributed by atoms with Crippen LogP contribution >= 0.6 is 23.1 Å². The van der Waals surface area contributed by atoms with E-state index in [9.17, 15) is 0 Å². The van der Waals surface area contributed by atoms with Crippen molar-refractivity contribution in [3.05, 3.63) is 59.3 Å². The minimum Gasteiger partial charge on any atom is -0.461 e. The van der Waals surface area contributed by atoms with Gasteiger partial charge in [0.2, 0.25) is 11.0 Å². The van der Waals surface area contributed by atoms with Gasteiger partial charge in [0.25, 0.3) is 0 Å². The van der Waals surface area contributed by atoms with Gasteiger partial charge in [0.05, 0.1) is 6.26 Å². The minimum absolute atomic E-state index is 0.512. The highest BCUT2D eigenvalue weighted by Crippen LogP contribution is 2.31. The van der Waals surface area contributed by atoms with Crippen molar-refractivity contribution in [3.8, 4) is 22.2 Å². The van der Waals surface area contributed by atoms with E-state index < -0.39 is 0 Å². The zero-order valence-electron chi connectivity index (χ0n) is 15.0. The molecular weight excluding hydrogens is 378 g/mol. The Labute approximate surface area is 165 Å². The highest BCUT2D eigenvalue weighted by Gasteiger charge is 2.15. The Morgan fingerprint density at radius 3 is 2.70 bits per heavy atom. The summed E-state index contributed by atoms with van der Waals surface area (Å²) in [5.41, 5.74) is 2.48. The van der Waals surface area contributed by atoms with Gasteiger partial charge in [-0.3, -0.25) is 0 Å². The molecule has 0 unspecified atom stereocenters. The molecule has 1 aromatic carbocycles. The second-order valence-electron chi connectivity index (χ2n) is 6.35. The molecule has 0 saturated heterocycles. The summed E-state index contributed by atoms with van der Waals surface area (Å²) in [5.74, 6) is 8.46. The van der Waals surface area contributed by atoms with Crippen LogP contribution in [0.3, 0.4) is 0 Å². The molecule has 6 nitrogen and oxygen atoms in total. The molecule has 0 aliphatic rings. The van der Waals surface area contributed by atoms with E-state index >= 15 is 0 Å². The molecule has 0 aliphatic carbocycles. The van der Waals surface area contributed by atoms with Gasteiger partial charge in [-0.05, 0) is 23.6 Å². The van der Waals surface area contributed by atoms with E-state index in [1.165, 1.54) is 22.0 Å². The van der Waals surface area contributed by atoms with Crippen LogP contribution in [0.1, 0.15) is 30.2 Å². The largest absolute Gasteiger partial charge is 0.461 e. The average molecular weight is 398 g/mol. The van der Waals surface area contributed by atoms with E-state index in [-0.39, 0.29) is 0 Å². The van der Waals surface area contributed by atoms with Crippen LogP contribution in [0.2, 0.25) is 0 Å². The van der Waals surface area contributed by atoms with Crippen molar-refractivity contribution in [3.63, 3.8) is 0 Å². The zero-order chi connectivity index (χ0) is 18.8. The smallest absolute Gasteiger partial charge is 0.218 e. The lowest BCUT2D eigenvalue weighted by Crippen LogP contribution is -2.11. The third-order valence-electron chi connectivity index (χ3n) is 4.13. The van der Waals surface area contributed by atoms with Gasteiger partial charge in [-0.1, -0.05) is 49.9 Å². The van der Waals surface area contributed by atoms with E-state index in [2.05, 4.69) is 53.3 Å². The fourth-order valence-corrected chi connectivity index (χ4v) is 4.40. The van der Waals surface area contributed by atoms with Gasteiger partial charge >= 0.3 is 0 Å². The van der Waals surface area contributed by atoms with Gasteiger partial charge in [0.1, 0.15) is 5.01 Å². The van der Waals surface area contributed by atoms with Crippen molar-refractivity contribution in [1.82, 2.24) is 19.9 Å². The summed E-state index contributed by atoms with van der Waals surface area (Å²) in [4.78, 5) is 5.72. The number of thioether (sulfide) groups is 1. The van der Waals surface area contributed by atoms with Crippen LogP contribution in [0.4, 0.5) is 0 Å². The Hall–Kier alpha value is -2.58. The summed E-state index contributed by atoms with van der Waals surface area (Å²) in [7, 11) is 0. The highest BCUT2D eigenvalue weighted by molar-refractivity contribution is 7.98. The molecule has 0 bridgehead atoms. The summed E-state index contributed by atoms with van der Waals surface area (Å²) in [5, 5.41) is 9.92. The number of hydrogen-bond donors (Lipinski definition) is 1. The highest BCUT2D eigenvalue weighted by atomic mass is 32.2. The predicted molar refractivity (Wildman–Crippen MR) is 109 cm³/mol. The van der Waals surface area contributed by atoms with Gasteiger partial charge in [-0.25, -0.2) is 9.66 Å². The average Bonchev–Trinajstić information content (AvgIpc) is 3.41. The van der Waals surface area contributed by atoms with Crippen molar-refractivity contribution in [2.24, 2.45) is 0 Å². The van der Waals surface area contributed by atoms with Crippen LogP contribution in [0.15, 0.2) is 58.4 Å². The molecule has 2 N–H and O–H groups in total. The molecule has 27 heavy (non-hydrogen) atoms. The first-order valence-corrected chi connectivity index (χ1v) is 10.3. The summed E-state index contributed by atoms with van der Waals surface area (Å²) >= 11 is 3.21. The standard InChI is InChI=1S/C19H19N5OS2/c1-12(2)13-5-7-14(8-6-13)18-21-10-15(27-18)11-26-19-23-22-17(24(19)20)16-4-3-9-25-16/h3-10,12H,11,20H2,1-2H3. The monoisotopic (exact) mass is 397 g/mol. The van der Waals surface area contributed by atoms with Gasteiger partial charge < -0.3 is 10.3 Å². The van der Waals surface area contributed by atoms with Gasteiger partial charge in [-0.15, -0.1) is 21.5 Å². The molecule has 3 heterocycles. The molecule has 0 aliphatic heterocycles. The van der Waals surface area contributed by atoms with Crippen LogP contribution in [0.25, 0.3) is 22.2 Å². The van der Waals surface area contributed by atoms with Gasteiger partial charge in [-0.2, -0.15) is 0 Å². The summed E-state index contributed by atoms with van der Waals surface area (Å²) in [6, 6.07) is 12.2. The molecule has 0 atom stereocenters. The lowest BCUT2D eigenvalue weighted by Gasteiger charge is -2.05. The molecule has 4 rings (SSSR count). The number of hydrogen-bond acceptors (Lipinski definition) is 7. The van der Waals surface area contributed by atoms with Crippen molar-refractivity contribution in [1.29, 1.82) is 0 Å². The van der Waals surface area contributed by atoms with Crippen LogP contribution in [-0.2, 0) is 5.75 Å². The Morgan fingerprint density at radius 1 is 1.19 bits per heavy atom. The number of benzene rings is 1. The Kier molecular flexibility index (Phi) is 5.00. The van der Waals surface area contributed by atoms with Crippen molar-refractivity contribution >= 4 is 23.1 Å². The normalized spacial score (nSPS) is 11.4. The SMILES string of the molecule is CC(C)c1ccc(-c2ncc(CSc3nnc(-c4ccco4)n3N)s2)cc1. The van der Waals surface area contributed by atoms with E-state index in [0.717, 1.165) is 21.2 Å². The fraction of sp³-hybridized carbons (Fsp3) is 0.211. The topological polar surface area (TPSA) is 82.8 Å². The van der Waals surface area contributed by atoms with E-state index in [4.69, 9.17) is 10.3 Å². The summed E-state index contributed by atoms with van der Waals surface area (Å²) in [6.07, 6.45) is 3.50. The third-order valence-corrected chi connectivity index (χ3v) is 6.35. The minimum atomic E-state index is 0.512. The number of nitrogen functional groups attached to an aromatic ring is 1. The van der Waals surface area contributed by atoms with Crippen molar-refractivity contribution in [2.45, 2.75) is 30.7 Å². The molecule has 0 amide bonds. The molecular formula is C19H19N5OS2. The molecule has 0 radical (unpaired) electrons. The maximum absolute atomic E-state index is 6.09. The lowest BCUT2D eigenvalue weighted by atomic mass is 10.0. The molecule has 138 valence electrons. The maximum atomic E-state index is 6.09. The van der Waals surface area contributed by atoms with Crippen LogP contribution in [-0.4, -0.2) is 19.9 Å².